The fourth-order valence-electron chi connectivity index (χ4n) is 2.65. The van der Waals surface area contributed by atoms with Crippen LogP contribution in [0.15, 0.2) is 11.1 Å². The van der Waals surface area contributed by atoms with Gasteiger partial charge in [0.25, 0.3) is 5.56 Å². The monoisotopic (exact) mass is 319 g/mol. The number of aromatic amines is 1. The van der Waals surface area contributed by atoms with Gasteiger partial charge in [0.15, 0.2) is 11.2 Å². The van der Waals surface area contributed by atoms with Crippen LogP contribution in [0.4, 0.5) is 5.95 Å². The van der Waals surface area contributed by atoms with Gasteiger partial charge in [-0.1, -0.05) is 20.8 Å². The van der Waals surface area contributed by atoms with Crippen molar-refractivity contribution in [1.82, 2.24) is 19.5 Å². The van der Waals surface area contributed by atoms with Crippen LogP contribution in [0.5, 0.6) is 0 Å². The van der Waals surface area contributed by atoms with Gasteiger partial charge in [-0.15, -0.1) is 0 Å². The zero-order valence-electron chi connectivity index (χ0n) is 13.5. The highest BCUT2D eigenvalue weighted by Crippen LogP contribution is 2.31. The molecule has 0 saturated carbocycles. The van der Waals surface area contributed by atoms with Crippen molar-refractivity contribution in [2.45, 2.75) is 52.4 Å². The second-order valence-electron chi connectivity index (χ2n) is 6.08. The van der Waals surface area contributed by atoms with Crippen LogP contribution in [0.2, 0.25) is 0 Å². The van der Waals surface area contributed by atoms with Crippen LogP contribution in [-0.2, 0) is 9.53 Å². The Kier molecular flexibility index (Phi) is 4.16. The van der Waals surface area contributed by atoms with Crippen molar-refractivity contribution in [3.8, 4) is 0 Å². The molecule has 0 aromatic carbocycles. The summed E-state index contributed by atoms with van der Waals surface area (Å²) in [5.41, 5.74) is 0.295. The van der Waals surface area contributed by atoms with Gasteiger partial charge in [0.05, 0.1) is 12.4 Å². The van der Waals surface area contributed by atoms with Crippen LogP contribution >= 0.6 is 0 Å². The van der Waals surface area contributed by atoms with Crippen molar-refractivity contribution >= 4 is 23.0 Å². The summed E-state index contributed by atoms with van der Waals surface area (Å²) in [5.74, 6) is -0.279. The van der Waals surface area contributed by atoms with Gasteiger partial charge in [0.2, 0.25) is 11.9 Å². The molecule has 1 fully saturated rings. The Bertz CT molecular complexity index is 779. The second kappa shape index (κ2) is 6.11. The summed E-state index contributed by atoms with van der Waals surface area (Å²) < 4.78 is 7.71. The predicted molar refractivity (Wildman–Crippen MR) is 85.1 cm³/mol. The molecule has 8 nitrogen and oxygen atoms in total. The predicted octanol–water partition coefficient (Wildman–Crippen LogP) is 1.80. The van der Waals surface area contributed by atoms with Gasteiger partial charge < -0.3 is 4.74 Å². The lowest BCUT2D eigenvalue weighted by Gasteiger charge is -2.14. The topological polar surface area (TPSA) is 102 Å². The first kappa shape index (κ1) is 15.7. The number of nitrogens with one attached hydrogen (secondary N) is 2. The number of nitrogens with zero attached hydrogens (tertiary/aromatic N) is 3. The molecular formula is C15H21N5O3. The summed E-state index contributed by atoms with van der Waals surface area (Å²) >= 11 is 0. The number of carbonyl (C=O) groups excluding carboxylic acids is 1. The smallest absolute Gasteiger partial charge is 0.280 e. The van der Waals surface area contributed by atoms with E-state index in [9.17, 15) is 9.59 Å². The number of carbonyl (C=O) groups is 1. The zero-order chi connectivity index (χ0) is 16.6. The molecular weight excluding hydrogens is 298 g/mol. The number of rotatable bonds is 4. The number of amides is 1. The normalized spacial score (nSPS) is 21.2. The lowest BCUT2D eigenvalue weighted by Crippen LogP contribution is -2.22. The first-order chi connectivity index (χ1) is 11.0. The number of fused-ring (bicyclic) bond motifs is 1. The van der Waals surface area contributed by atoms with E-state index in [-0.39, 0.29) is 41.2 Å². The maximum atomic E-state index is 12.1. The van der Waals surface area contributed by atoms with E-state index in [1.54, 1.807) is 24.7 Å². The van der Waals surface area contributed by atoms with E-state index in [0.717, 1.165) is 19.3 Å². The third kappa shape index (κ3) is 2.98. The fourth-order valence-corrected chi connectivity index (χ4v) is 2.65. The molecule has 3 heterocycles. The number of H-pyrrole nitrogens is 1. The summed E-state index contributed by atoms with van der Waals surface area (Å²) in [5, 5.41) is 2.61. The highest BCUT2D eigenvalue weighted by molar-refractivity contribution is 5.91. The van der Waals surface area contributed by atoms with Crippen molar-refractivity contribution in [3.05, 3.63) is 16.7 Å². The van der Waals surface area contributed by atoms with Crippen LogP contribution in [-0.4, -0.2) is 31.5 Å². The summed E-state index contributed by atoms with van der Waals surface area (Å²) in [4.78, 5) is 35.0. The second-order valence-corrected chi connectivity index (χ2v) is 6.08. The molecule has 23 heavy (non-hydrogen) atoms. The average Bonchev–Trinajstić information content (AvgIpc) is 3.12. The zero-order valence-corrected chi connectivity index (χ0v) is 13.5. The largest absolute Gasteiger partial charge is 0.355 e. The molecule has 1 aliphatic rings. The van der Waals surface area contributed by atoms with E-state index in [0.29, 0.717) is 5.65 Å². The van der Waals surface area contributed by atoms with Gasteiger partial charge in [0.1, 0.15) is 6.23 Å². The van der Waals surface area contributed by atoms with E-state index in [1.807, 2.05) is 0 Å². The van der Waals surface area contributed by atoms with Gasteiger partial charge in [-0.25, -0.2) is 4.98 Å². The maximum absolute atomic E-state index is 12.1. The Morgan fingerprint density at radius 3 is 2.96 bits per heavy atom. The molecule has 0 bridgehead atoms. The Balaban J connectivity index is 1.96. The molecule has 3 rings (SSSR count). The summed E-state index contributed by atoms with van der Waals surface area (Å²) in [6.07, 6.45) is 4.40. The number of imidazole rings is 1. The Labute approximate surface area is 133 Å². The van der Waals surface area contributed by atoms with Crippen molar-refractivity contribution < 1.29 is 9.53 Å². The lowest BCUT2D eigenvalue weighted by molar-refractivity contribution is -0.118. The maximum Gasteiger partial charge on any atom is 0.280 e. The van der Waals surface area contributed by atoms with Crippen molar-refractivity contribution in [3.63, 3.8) is 0 Å². The minimum atomic E-state index is -0.377. The van der Waals surface area contributed by atoms with E-state index >= 15 is 0 Å². The highest BCUT2D eigenvalue weighted by atomic mass is 16.5. The average molecular weight is 319 g/mol. The first-order valence-corrected chi connectivity index (χ1v) is 7.92. The SMILES string of the molecule is CCC1CC[C@H](n2cnc3c(=O)[nH]c(NC(=O)C(C)C)nc32)O1. The van der Waals surface area contributed by atoms with Gasteiger partial charge in [-0.05, 0) is 19.3 Å². The van der Waals surface area contributed by atoms with Crippen LogP contribution in [0.3, 0.4) is 0 Å². The van der Waals surface area contributed by atoms with Gasteiger partial charge in [0, 0.05) is 5.92 Å². The molecule has 0 spiro atoms. The summed E-state index contributed by atoms with van der Waals surface area (Å²) in [7, 11) is 0. The molecule has 8 heteroatoms. The third-order valence-corrected chi connectivity index (χ3v) is 4.05. The lowest BCUT2D eigenvalue weighted by atomic mass is 10.2. The molecule has 2 N–H and O–H groups in total. The minimum Gasteiger partial charge on any atom is -0.355 e. The van der Waals surface area contributed by atoms with E-state index in [2.05, 4.69) is 27.2 Å². The Morgan fingerprint density at radius 1 is 1.52 bits per heavy atom. The molecule has 124 valence electrons. The number of ether oxygens (including phenoxy) is 1. The molecule has 2 atom stereocenters. The number of hydrogen-bond donors (Lipinski definition) is 2. The minimum absolute atomic E-state index is 0.132. The molecule has 0 radical (unpaired) electrons. The van der Waals surface area contributed by atoms with Crippen molar-refractivity contribution in [2.24, 2.45) is 5.92 Å². The van der Waals surface area contributed by atoms with E-state index in [1.165, 1.54) is 0 Å². The first-order valence-electron chi connectivity index (χ1n) is 7.92. The van der Waals surface area contributed by atoms with Crippen LogP contribution in [0, 0.1) is 5.92 Å². The van der Waals surface area contributed by atoms with E-state index in [4.69, 9.17) is 4.74 Å². The molecule has 0 aliphatic carbocycles. The van der Waals surface area contributed by atoms with Crippen molar-refractivity contribution in [1.29, 1.82) is 0 Å². The van der Waals surface area contributed by atoms with Crippen LogP contribution in [0.1, 0.15) is 46.3 Å². The third-order valence-electron chi connectivity index (χ3n) is 4.05. The summed E-state index contributed by atoms with van der Waals surface area (Å²) in [6.45, 7) is 5.63. The number of anilines is 1. The summed E-state index contributed by atoms with van der Waals surface area (Å²) in [6, 6.07) is 0. The highest BCUT2D eigenvalue weighted by Gasteiger charge is 2.27. The fraction of sp³-hybridized carbons (Fsp3) is 0.600. The number of aromatic nitrogens is 4. The molecule has 1 aliphatic heterocycles. The van der Waals surface area contributed by atoms with Gasteiger partial charge in [-0.3, -0.25) is 24.5 Å². The van der Waals surface area contributed by atoms with Crippen LogP contribution in [0.25, 0.3) is 11.2 Å². The molecule has 1 saturated heterocycles. The van der Waals surface area contributed by atoms with Crippen LogP contribution < -0.4 is 10.9 Å². The molecule has 2 aromatic rings. The standard InChI is InChI=1S/C15H21N5O3/c1-4-9-5-6-10(23-9)20-7-16-11-12(20)17-15(19-14(11)22)18-13(21)8(2)3/h7-10H,4-6H2,1-3H3,(H2,17,18,19,21,22)/t9?,10-/m1/s1. The van der Waals surface area contributed by atoms with Gasteiger partial charge in [-0.2, -0.15) is 4.98 Å². The Morgan fingerprint density at radius 2 is 2.30 bits per heavy atom. The van der Waals surface area contributed by atoms with Gasteiger partial charge >= 0.3 is 0 Å². The Hall–Kier alpha value is -2.22. The van der Waals surface area contributed by atoms with Crippen molar-refractivity contribution in [2.75, 3.05) is 5.32 Å². The molecule has 1 unspecified atom stereocenters. The van der Waals surface area contributed by atoms with E-state index < -0.39 is 0 Å². The molecule has 2 aromatic heterocycles. The molecule has 1 amide bonds. The quantitative estimate of drug-likeness (QED) is 0.894. The number of hydrogen-bond acceptors (Lipinski definition) is 5.